The van der Waals surface area contributed by atoms with Gasteiger partial charge in [-0.15, -0.1) is 0 Å². The largest absolute Gasteiger partial charge is 0.458 e. The molecule has 2 rings (SSSR count). The first-order chi connectivity index (χ1) is 7.08. The van der Waals surface area contributed by atoms with Crippen LogP contribution in [-0.4, -0.2) is 22.7 Å². The van der Waals surface area contributed by atoms with Crippen LogP contribution >= 0.6 is 23.7 Å². The highest BCUT2D eigenvalue weighted by atomic mass is 79.9. The Morgan fingerprint density at radius 3 is 2.73 bits per heavy atom. The Morgan fingerprint density at radius 2 is 2.20 bits per heavy atom. The molecular weight excluding hydrogens is 281 g/mol. The minimum absolute atomic E-state index is 0.405. The monoisotopic (exact) mass is 291 g/mol. The Morgan fingerprint density at radius 1 is 1.47 bits per heavy atom. The number of benzene rings is 1. The maximum atomic E-state index is 11.7. The Bertz CT molecular complexity index is 408. The quantitative estimate of drug-likeness (QED) is 0.870. The molecule has 0 amide bonds. The predicted octanol–water partition coefficient (Wildman–Crippen LogP) is 2.63. The third-order valence-corrected chi connectivity index (χ3v) is 4.27. The average Bonchev–Trinajstić information content (AvgIpc) is 1.97. The molecule has 0 bridgehead atoms. The molecule has 4 nitrogen and oxygen atoms in total. The molecule has 6 heteroatoms. The van der Waals surface area contributed by atoms with Crippen LogP contribution in [0.4, 0.5) is 0 Å². The van der Waals surface area contributed by atoms with Gasteiger partial charge in [0.1, 0.15) is 5.75 Å². The van der Waals surface area contributed by atoms with Gasteiger partial charge in [0.15, 0.2) is 0 Å². The predicted molar refractivity (Wildman–Crippen MR) is 60.8 cm³/mol. The van der Waals surface area contributed by atoms with Gasteiger partial charge in [0.25, 0.3) is 0 Å². The van der Waals surface area contributed by atoms with Crippen LogP contribution < -0.4 is 4.52 Å². The van der Waals surface area contributed by atoms with E-state index in [2.05, 4.69) is 15.9 Å². The van der Waals surface area contributed by atoms with E-state index in [0.29, 0.717) is 18.8 Å². The van der Waals surface area contributed by atoms with E-state index in [9.17, 15) is 9.46 Å². The molecule has 1 aliphatic heterocycles. The van der Waals surface area contributed by atoms with Crippen molar-refractivity contribution in [1.82, 2.24) is 4.67 Å². The zero-order chi connectivity index (χ0) is 10.9. The van der Waals surface area contributed by atoms with Gasteiger partial charge in [-0.1, -0.05) is 22.0 Å². The third-order valence-electron chi connectivity index (χ3n) is 2.21. The van der Waals surface area contributed by atoms with Gasteiger partial charge < -0.3 is 9.42 Å². The van der Waals surface area contributed by atoms with Crippen LogP contribution in [0.25, 0.3) is 0 Å². The first kappa shape index (κ1) is 11.1. The van der Waals surface area contributed by atoms with Crippen LogP contribution in [0.3, 0.4) is 0 Å². The fourth-order valence-corrected chi connectivity index (χ4v) is 2.94. The fourth-order valence-electron chi connectivity index (χ4n) is 1.27. The summed E-state index contributed by atoms with van der Waals surface area (Å²) in [5.41, 5.74) is 0. The molecule has 15 heavy (non-hydrogen) atoms. The van der Waals surface area contributed by atoms with E-state index in [1.165, 1.54) is 4.67 Å². The molecule has 1 heterocycles. The van der Waals surface area contributed by atoms with Crippen molar-refractivity contribution in [3.63, 3.8) is 0 Å². The third kappa shape index (κ3) is 2.61. The minimum atomic E-state index is -3.63. The summed E-state index contributed by atoms with van der Waals surface area (Å²) in [6.45, 7) is 1.25. The smallest absolute Gasteiger partial charge is 0.413 e. The Labute approximate surface area is 96.6 Å². The lowest BCUT2D eigenvalue weighted by molar-refractivity contribution is 0.222. The van der Waals surface area contributed by atoms with Gasteiger partial charge in [-0.25, -0.2) is 4.57 Å². The zero-order valence-electron chi connectivity index (χ0n) is 7.97. The second kappa shape index (κ2) is 4.26. The van der Waals surface area contributed by atoms with Crippen LogP contribution in [0, 0.1) is 0 Å². The molecule has 1 aliphatic rings. The van der Waals surface area contributed by atoms with Gasteiger partial charge in [-0.05, 0) is 24.6 Å². The second-order valence-corrected chi connectivity index (χ2v) is 5.99. The number of hydrogen-bond donors (Lipinski definition) is 1. The van der Waals surface area contributed by atoms with Crippen molar-refractivity contribution in [2.75, 3.05) is 13.1 Å². The molecule has 0 aromatic heterocycles. The Balaban J connectivity index is 2.10. The number of nitrogens with zero attached hydrogens (tertiary/aromatic N) is 1. The lowest BCUT2D eigenvalue weighted by atomic mass is 10.3. The number of rotatable bonds is 3. The van der Waals surface area contributed by atoms with E-state index in [0.717, 1.165) is 10.9 Å². The van der Waals surface area contributed by atoms with E-state index in [1.807, 2.05) is 6.07 Å². The van der Waals surface area contributed by atoms with E-state index in [1.54, 1.807) is 18.2 Å². The van der Waals surface area contributed by atoms with E-state index >= 15 is 0 Å². The topological polar surface area (TPSA) is 49.8 Å². The molecule has 1 atom stereocenters. The minimum Gasteiger partial charge on any atom is -0.413 e. The van der Waals surface area contributed by atoms with Crippen molar-refractivity contribution in [1.29, 1.82) is 0 Å². The van der Waals surface area contributed by atoms with Crippen LogP contribution in [-0.2, 0) is 4.57 Å². The lowest BCUT2D eigenvalue weighted by Crippen LogP contribution is -2.35. The number of halogens is 1. The molecule has 1 unspecified atom stereocenters. The SMILES string of the molecule is O=P(O)(Oc1cccc(Br)c1)N1CCC1. The van der Waals surface area contributed by atoms with Gasteiger partial charge in [-0.3, -0.25) is 0 Å². The van der Waals surface area contributed by atoms with Crippen molar-refractivity contribution in [2.24, 2.45) is 0 Å². The maximum absolute atomic E-state index is 11.7. The summed E-state index contributed by atoms with van der Waals surface area (Å²) in [6.07, 6.45) is 0.951. The van der Waals surface area contributed by atoms with Gasteiger partial charge in [0.2, 0.25) is 0 Å². The molecular formula is C9H11BrNO3P. The number of hydrogen-bond acceptors (Lipinski definition) is 2. The van der Waals surface area contributed by atoms with Crippen LogP contribution in [0.15, 0.2) is 28.7 Å². The molecule has 1 aromatic carbocycles. The Kier molecular flexibility index (Phi) is 3.16. The summed E-state index contributed by atoms with van der Waals surface area (Å²) in [4.78, 5) is 9.62. The lowest BCUT2D eigenvalue weighted by Gasteiger charge is -2.33. The highest BCUT2D eigenvalue weighted by molar-refractivity contribution is 9.10. The molecule has 1 fully saturated rings. The average molecular weight is 292 g/mol. The summed E-state index contributed by atoms with van der Waals surface area (Å²) < 4.78 is 19.1. The van der Waals surface area contributed by atoms with Gasteiger partial charge in [0.05, 0.1) is 0 Å². The maximum Gasteiger partial charge on any atom is 0.458 e. The van der Waals surface area contributed by atoms with Crippen molar-refractivity contribution in [3.8, 4) is 5.75 Å². The van der Waals surface area contributed by atoms with E-state index in [4.69, 9.17) is 4.52 Å². The first-order valence-corrected chi connectivity index (χ1v) is 6.94. The van der Waals surface area contributed by atoms with Gasteiger partial charge in [0, 0.05) is 17.6 Å². The van der Waals surface area contributed by atoms with Crippen molar-refractivity contribution < 1.29 is 14.0 Å². The van der Waals surface area contributed by atoms with E-state index < -0.39 is 7.75 Å². The van der Waals surface area contributed by atoms with Crippen molar-refractivity contribution in [3.05, 3.63) is 28.7 Å². The van der Waals surface area contributed by atoms with Crippen LogP contribution in [0.5, 0.6) is 5.75 Å². The Hall–Kier alpha value is -0.350. The molecule has 82 valence electrons. The van der Waals surface area contributed by atoms with Crippen LogP contribution in [0.2, 0.25) is 0 Å². The summed E-state index contributed by atoms with van der Waals surface area (Å²) >= 11 is 3.27. The molecule has 1 aromatic rings. The molecule has 0 radical (unpaired) electrons. The van der Waals surface area contributed by atoms with Crippen LogP contribution in [0.1, 0.15) is 6.42 Å². The van der Waals surface area contributed by atoms with E-state index in [-0.39, 0.29) is 0 Å². The summed E-state index contributed by atoms with van der Waals surface area (Å²) in [7, 11) is -3.63. The normalized spacial score (nSPS) is 20.4. The zero-order valence-corrected chi connectivity index (χ0v) is 10.4. The summed E-state index contributed by atoms with van der Waals surface area (Å²) in [5, 5.41) is 0. The van der Waals surface area contributed by atoms with Crippen molar-refractivity contribution in [2.45, 2.75) is 6.42 Å². The highest BCUT2D eigenvalue weighted by Gasteiger charge is 2.35. The van der Waals surface area contributed by atoms with Gasteiger partial charge in [-0.2, -0.15) is 4.67 Å². The molecule has 0 saturated carbocycles. The molecule has 1 saturated heterocycles. The van der Waals surface area contributed by atoms with Gasteiger partial charge >= 0.3 is 7.75 Å². The summed E-state index contributed by atoms with van der Waals surface area (Å²) in [6, 6.07) is 6.92. The highest BCUT2D eigenvalue weighted by Crippen LogP contribution is 2.49. The molecule has 1 N–H and O–H groups in total. The first-order valence-electron chi connectivity index (χ1n) is 4.61. The summed E-state index contributed by atoms with van der Waals surface area (Å²) in [5.74, 6) is 0.405. The molecule has 0 spiro atoms. The fraction of sp³-hybridized carbons (Fsp3) is 0.333. The second-order valence-electron chi connectivity index (χ2n) is 3.35. The van der Waals surface area contributed by atoms with Crippen molar-refractivity contribution >= 4 is 23.7 Å². The molecule has 0 aliphatic carbocycles. The standard InChI is InChI=1S/C9H11BrNO3P/c10-8-3-1-4-9(7-8)14-15(12,13)11-5-2-6-11/h1,3-4,7H,2,5-6H2,(H,12,13).